The number of nitrogens with zero attached hydrogens (tertiary/aromatic N) is 8. The fraction of sp³-hybridized carbons (Fsp3) is 0.519. The van der Waals surface area contributed by atoms with Gasteiger partial charge in [-0.25, -0.2) is 30.5 Å². The van der Waals surface area contributed by atoms with E-state index >= 15 is 0 Å². The summed E-state index contributed by atoms with van der Waals surface area (Å²) >= 11 is 3.52. The maximum Gasteiger partial charge on any atom is 0.435 e. The Balaban J connectivity index is 0.000000160. The van der Waals surface area contributed by atoms with Gasteiger partial charge in [0, 0.05) is 100 Å². The fourth-order valence-electron chi connectivity index (χ4n) is 9.86. The first kappa shape index (κ1) is 62.6. The topological polar surface area (TPSA) is 135 Å². The second kappa shape index (κ2) is 23.5. The molecule has 434 valence electrons. The molecule has 2 aromatic carbocycles. The lowest BCUT2D eigenvalue weighted by Gasteiger charge is -2.17. The minimum Gasteiger partial charge on any atom is -0.388 e. The van der Waals surface area contributed by atoms with Gasteiger partial charge in [-0.05, 0) is 120 Å². The molecule has 3 aliphatic carbocycles. The van der Waals surface area contributed by atoms with Crippen LogP contribution < -0.4 is 0 Å². The van der Waals surface area contributed by atoms with Crippen LogP contribution in [0.4, 0.5) is 48.3 Å². The van der Waals surface area contributed by atoms with E-state index in [2.05, 4.69) is 81.0 Å². The molecule has 0 aliphatic heterocycles. The zero-order chi connectivity index (χ0) is 59.3. The summed E-state index contributed by atoms with van der Waals surface area (Å²) in [5.74, 6) is -3.93. The number of carbonyl (C=O) groups excluding carboxylic acids is 1. The summed E-state index contributed by atoms with van der Waals surface area (Å²) in [6.45, 7) is 18.2. The summed E-state index contributed by atoms with van der Waals surface area (Å²) in [6, 6.07) is 9.98. The molecular formula is C54H64BrF11N8O4S. The number of imidazole rings is 1. The van der Waals surface area contributed by atoms with Crippen LogP contribution in [0.5, 0.6) is 0 Å². The average molecular weight is 1210 g/mol. The Bertz CT molecular complexity index is 3440. The molecule has 2 atom stereocenters. The van der Waals surface area contributed by atoms with Gasteiger partial charge < -0.3 is 14.2 Å². The normalized spacial score (nSPS) is 16.7. The molecule has 1 fully saturated rings. The molecule has 12 nitrogen and oxygen atoms in total. The number of rotatable bonds is 8. The average Bonchev–Trinajstić information content (AvgIpc) is 3.83. The zero-order valence-electron chi connectivity index (χ0n) is 45.5. The molecule has 2 unspecified atom stereocenters. The van der Waals surface area contributed by atoms with Crippen molar-refractivity contribution in [3.8, 4) is 0 Å². The van der Waals surface area contributed by atoms with Crippen molar-refractivity contribution in [2.75, 3.05) is 6.26 Å². The fourth-order valence-corrected chi connectivity index (χ4v) is 11.0. The smallest absolute Gasteiger partial charge is 0.388 e. The molecule has 7 aromatic rings. The molecule has 0 bridgehead atoms. The summed E-state index contributed by atoms with van der Waals surface area (Å²) in [5, 5.41) is 18.1. The first-order chi connectivity index (χ1) is 36.4. The number of aryl methyl sites for hydroxylation is 1. The van der Waals surface area contributed by atoms with Crippen LogP contribution >= 0.6 is 15.9 Å². The van der Waals surface area contributed by atoms with Crippen LogP contribution in [0.25, 0.3) is 21.8 Å². The number of aliphatic hydroxyl groups is 1. The van der Waals surface area contributed by atoms with Gasteiger partial charge in [0.15, 0.2) is 11.4 Å². The summed E-state index contributed by atoms with van der Waals surface area (Å²) in [7, 11) is -1.26. The van der Waals surface area contributed by atoms with Gasteiger partial charge in [-0.3, -0.25) is 14.2 Å². The maximum atomic E-state index is 14.0. The summed E-state index contributed by atoms with van der Waals surface area (Å²) in [4.78, 5) is 14.6. The standard InChI is InChI=1S/C12H14BrN.C12H14FNO2S.C11H12F4N2.C11H13F3N2O.C8H11F3N2O/c1-8(2)11-7-14(3)12-5-4-9(13)6-10(11)12;1-8(2)11-7-14(17(3,15)16)12-5-4-9(13)6-10(11)12;1-4(2)17-9-7(8(16-17)10(12)13)5-3-6(5)11(9,14)15;1-6(2)16-9-4-3-7(17)5-8(9)10(15-16)11(12,13)14;1-5(2)13-3-6(8(9,10)11)12-7(13)4-14/h4-8H,1-3H3;4-8H,1-3H3;4-6,10H,3H2,1-2H3;6H,3-5H2,1-2H3;3,5,14H,4H2,1-2H3. The van der Waals surface area contributed by atoms with Crippen molar-refractivity contribution in [3.05, 3.63) is 122 Å². The number of hydrogen-bond donors (Lipinski definition) is 1. The molecule has 1 saturated carbocycles. The van der Waals surface area contributed by atoms with Crippen molar-refractivity contribution < 1.29 is 66.6 Å². The van der Waals surface area contributed by atoms with Gasteiger partial charge in [0.2, 0.25) is 10.0 Å². The van der Waals surface area contributed by atoms with Gasteiger partial charge in [-0.1, -0.05) is 43.6 Å². The molecule has 0 radical (unpaired) electrons. The summed E-state index contributed by atoms with van der Waals surface area (Å²) in [6.07, 6.45) is -5.04. The first-order valence-electron chi connectivity index (χ1n) is 25.4. The molecule has 5 aromatic heterocycles. The highest BCUT2D eigenvalue weighted by Crippen LogP contribution is 2.68. The van der Waals surface area contributed by atoms with Crippen LogP contribution in [0, 0.1) is 11.7 Å². The van der Waals surface area contributed by atoms with Gasteiger partial charge in [-0.15, -0.1) is 0 Å². The van der Waals surface area contributed by atoms with Crippen molar-refractivity contribution >= 4 is 53.5 Å². The molecule has 1 N–H and O–H groups in total. The van der Waals surface area contributed by atoms with Crippen LogP contribution in [0.1, 0.15) is 181 Å². The monoisotopic (exact) mass is 1210 g/mol. The van der Waals surface area contributed by atoms with Crippen molar-refractivity contribution in [1.29, 1.82) is 0 Å². The number of alkyl halides is 10. The van der Waals surface area contributed by atoms with E-state index in [0.717, 1.165) is 27.2 Å². The van der Waals surface area contributed by atoms with Crippen molar-refractivity contribution in [1.82, 2.24) is 37.7 Å². The minimum absolute atomic E-state index is 0.0346. The van der Waals surface area contributed by atoms with Crippen LogP contribution in [-0.2, 0) is 59.6 Å². The molecule has 10 rings (SSSR count). The lowest BCUT2D eigenvalue weighted by atomic mass is 9.94. The van der Waals surface area contributed by atoms with Crippen LogP contribution in [-0.4, -0.2) is 63.2 Å². The SMILES string of the molecule is CC(C)c1cn(C)c2ccc(Br)cc12.CC(C)c1cn(S(C)(=O)=O)c2ccc(F)cc12.CC(C)n1cc(C(F)(F)F)nc1CO.CC(C)n1nc(C(F)(F)F)c2c1CCC(=O)C2.CC(C)n1nc(C(F)F)c2c1C(F)(F)C1CC21. The molecule has 0 saturated heterocycles. The Hall–Kier alpha value is -5.56. The number of carbonyl (C=O) groups is 1. The largest absolute Gasteiger partial charge is 0.435 e. The van der Waals surface area contributed by atoms with Gasteiger partial charge in [-0.2, -0.15) is 45.3 Å². The molecule has 25 heteroatoms. The van der Waals surface area contributed by atoms with Crippen LogP contribution in [0.2, 0.25) is 0 Å². The van der Waals surface area contributed by atoms with Crippen molar-refractivity contribution in [2.45, 2.75) is 162 Å². The lowest BCUT2D eigenvalue weighted by molar-refractivity contribution is -0.142. The minimum atomic E-state index is -4.48. The molecule has 0 spiro atoms. The van der Waals surface area contributed by atoms with E-state index in [0.29, 0.717) is 41.8 Å². The van der Waals surface area contributed by atoms with Crippen molar-refractivity contribution in [2.24, 2.45) is 13.0 Å². The molecule has 5 heterocycles. The Kier molecular flexibility index (Phi) is 18.6. The highest BCUT2D eigenvalue weighted by atomic mass is 79.9. The number of aromatic nitrogens is 8. The zero-order valence-corrected chi connectivity index (χ0v) is 47.9. The van der Waals surface area contributed by atoms with Gasteiger partial charge in [0.1, 0.15) is 35.4 Å². The van der Waals surface area contributed by atoms with E-state index in [-0.39, 0.29) is 64.7 Å². The molecule has 0 amide bonds. The Morgan fingerprint density at radius 1 is 0.785 bits per heavy atom. The van der Waals surface area contributed by atoms with E-state index in [1.54, 1.807) is 47.7 Å². The van der Waals surface area contributed by atoms with E-state index in [1.165, 1.54) is 47.9 Å². The summed E-state index contributed by atoms with van der Waals surface area (Å²) < 4.78 is 173. The van der Waals surface area contributed by atoms with E-state index < -0.39 is 70.2 Å². The molecule has 79 heavy (non-hydrogen) atoms. The highest BCUT2D eigenvalue weighted by molar-refractivity contribution is 9.10. The third-order valence-corrected chi connectivity index (χ3v) is 15.2. The van der Waals surface area contributed by atoms with Gasteiger partial charge >= 0.3 is 12.4 Å². The Morgan fingerprint density at radius 3 is 1.87 bits per heavy atom. The number of aliphatic hydroxyl groups excluding tert-OH is 1. The van der Waals surface area contributed by atoms with Gasteiger partial charge in [0.25, 0.3) is 12.3 Å². The van der Waals surface area contributed by atoms with Crippen LogP contribution in [0.15, 0.2) is 59.5 Å². The number of Topliss-reactive ketones (excluding diaryl/α,β-unsaturated/α-hetero) is 1. The Morgan fingerprint density at radius 2 is 1.37 bits per heavy atom. The number of fused-ring (bicyclic) bond motifs is 6. The highest BCUT2D eigenvalue weighted by Gasteiger charge is 2.67. The van der Waals surface area contributed by atoms with Crippen molar-refractivity contribution in [3.63, 3.8) is 0 Å². The van der Waals surface area contributed by atoms with E-state index in [4.69, 9.17) is 5.11 Å². The second-order valence-electron chi connectivity index (χ2n) is 21.3. The quantitative estimate of drug-likeness (QED) is 0.150. The van der Waals surface area contributed by atoms with E-state index in [9.17, 15) is 61.5 Å². The third-order valence-electron chi connectivity index (χ3n) is 13.6. The van der Waals surface area contributed by atoms with E-state index in [1.807, 2.05) is 13.8 Å². The number of benzene rings is 2. The maximum absolute atomic E-state index is 14.0. The van der Waals surface area contributed by atoms with Crippen LogP contribution in [0.3, 0.4) is 0 Å². The Labute approximate surface area is 459 Å². The second-order valence-corrected chi connectivity index (χ2v) is 24.0. The number of halogens is 12. The predicted octanol–water partition coefficient (Wildman–Crippen LogP) is 14.9. The number of ketones is 1. The number of hydrogen-bond acceptors (Lipinski definition) is 7. The third kappa shape index (κ3) is 13.5. The summed E-state index contributed by atoms with van der Waals surface area (Å²) in [5.41, 5.74) is 2.26. The first-order valence-corrected chi connectivity index (χ1v) is 28.0. The predicted molar refractivity (Wildman–Crippen MR) is 281 cm³/mol. The molecular weight excluding hydrogens is 1150 g/mol. The molecule has 3 aliphatic rings. The lowest BCUT2D eigenvalue weighted by Crippen LogP contribution is -2.21. The van der Waals surface area contributed by atoms with Gasteiger partial charge in [0.05, 0.1) is 11.8 Å².